The highest BCUT2D eigenvalue weighted by molar-refractivity contribution is 7.89. The molecule has 1 aliphatic heterocycles. The molecule has 30 heavy (non-hydrogen) atoms. The third kappa shape index (κ3) is 5.00. The lowest BCUT2D eigenvalue weighted by molar-refractivity contribution is -0.117. The van der Waals surface area contributed by atoms with Crippen LogP contribution in [0.25, 0.3) is 0 Å². The fourth-order valence-electron chi connectivity index (χ4n) is 3.54. The van der Waals surface area contributed by atoms with Crippen LogP contribution in [0.15, 0.2) is 41.3 Å². The first-order valence-electron chi connectivity index (χ1n) is 10.0. The van der Waals surface area contributed by atoms with Crippen LogP contribution in [0, 0.1) is 6.92 Å². The Morgan fingerprint density at radius 2 is 1.93 bits per heavy atom. The highest BCUT2D eigenvalue weighted by atomic mass is 32.2. The molecule has 0 fully saturated rings. The molecular weight excluding hydrogens is 402 g/mol. The molecule has 2 aromatic rings. The lowest BCUT2D eigenvalue weighted by Crippen LogP contribution is -2.37. The van der Waals surface area contributed by atoms with Crippen molar-refractivity contribution in [3.05, 3.63) is 53.1 Å². The summed E-state index contributed by atoms with van der Waals surface area (Å²) in [4.78, 5) is 14.9. The van der Waals surface area contributed by atoms with Gasteiger partial charge in [-0.2, -0.15) is 0 Å². The van der Waals surface area contributed by atoms with Gasteiger partial charge in [0.1, 0.15) is 5.75 Å². The van der Waals surface area contributed by atoms with Gasteiger partial charge in [-0.05, 0) is 61.2 Å². The predicted octanol–water partition coefficient (Wildman–Crippen LogP) is 2.64. The summed E-state index contributed by atoms with van der Waals surface area (Å²) in [7, 11) is -0.593. The molecule has 0 atom stereocenters. The zero-order valence-corrected chi connectivity index (χ0v) is 18.8. The number of carbonyl (C=O) groups is 1. The maximum Gasteiger partial charge on any atom is 0.242 e. The molecule has 0 unspecified atom stereocenters. The fourth-order valence-corrected chi connectivity index (χ4v) is 4.68. The first-order chi connectivity index (χ1) is 14.2. The first kappa shape index (κ1) is 22.3. The maximum atomic E-state index is 12.6. The second-order valence-electron chi connectivity index (χ2n) is 7.64. The molecule has 3 rings (SSSR count). The lowest BCUT2D eigenvalue weighted by Gasteiger charge is -2.28. The van der Waals surface area contributed by atoms with Gasteiger partial charge in [-0.1, -0.05) is 12.1 Å². The number of hydrogen-bond acceptors (Lipinski definition) is 5. The van der Waals surface area contributed by atoms with Crippen LogP contribution >= 0.6 is 0 Å². The van der Waals surface area contributed by atoms with E-state index in [1.54, 1.807) is 19.1 Å². The number of nitrogens with zero attached hydrogens (tertiary/aromatic N) is 2. The van der Waals surface area contributed by atoms with Gasteiger partial charge in [0.2, 0.25) is 15.9 Å². The smallest absolute Gasteiger partial charge is 0.242 e. The van der Waals surface area contributed by atoms with E-state index in [4.69, 9.17) is 4.74 Å². The molecule has 0 bridgehead atoms. The van der Waals surface area contributed by atoms with Crippen LogP contribution in [0.2, 0.25) is 0 Å². The van der Waals surface area contributed by atoms with Gasteiger partial charge >= 0.3 is 0 Å². The summed E-state index contributed by atoms with van der Waals surface area (Å²) >= 11 is 0. The van der Waals surface area contributed by atoms with E-state index < -0.39 is 10.0 Å². The van der Waals surface area contributed by atoms with E-state index in [1.165, 1.54) is 35.6 Å². The van der Waals surface area contributed by atoms with Crippen LogP contribution in [0.4, 0.5) is 5.69 Å². The van der Waals surface area contributed by atoms with Gasteiger partial charge in [-0.3, -0.25) is 9.69 Å². The number of anilines is 1. The molecule has 8 heteroatoms. The molecule has 0 saturated heterocycles. The SMILES string of the molecule is CCOc1ccc2c(c1)CN(CC(=O)Nc1ccc(C)c(S(=O)(=O)N(C)C)c1)CC2. The first-order valence-corrected chi connectivity index (χ1v) is 11.4. The second-order valence-corrected chi connectivity index (χ2v) is 9.76. The van der Waals surface area contributed by atoms with Crippen LogP contribution in [0.3, 0.4) is 0 Å². The number of sulfonamides is 1. The van der Waals surface area contributed by atoms with Crippen molar-refractivity contribution in [2.45, 2.75) is 31.7 Å². The van der Waals surface area contributed by atoms with Crippen molar-refractivity contribution in [1.29, 1.82) is 0 Å². The Morgan fingerprint density at radius 1 is 1.17 bits per heavy atom. The average Bonchev–Trinajstić information content (AvgIpc) is 2.69. The summed E-state index contributed by atoms with van der Waals surface area (Å²) in [6.45, 7) is 6.02. The molecule has 2 aromatic carbocycles. The quantitative estimate of drug-likeness (QED) is 0.729. The molecule has 0 radical (unpaired) electrons. The molecule has 1 aliphatic rings. The van der Waals surface area contributed by atoms with Gasteiger partial charge in [0, 0.05) is 32.9 Å². The van der Waals surface area contributed by atoms with Crippen molar-refractivity contribution in [3.8, 4) is 5.75 Å². The fraction of sp³-hybridized carbons (Fsp3) is 0.409. The number of aryl methyl sites for hydroxylation is 1. The second kappa shape index (κ2) is 9.16. The van der Waals surface area contributed by atoms with Crippen LogP contribution in [0.1, 0.15) is 23.6 Å². The van der Waals surface area contributed by atoms with Gasteiger partial charge in [-0.15, -0.1) is 0 Å². The van der Waals surface area contributed by atoms with Crippen molar-refractivity contribution in [1.82, 2.24) is 9.21 Å². The number of nitrogens with one attached hydrogen (secondary N) is 1. The molecule has 0 spiro atoms. The standard InChI is InChI=1S/C22H29N3O4S/c1-5-29-20-9-7-17-10-11-25(14-18(17)12-20)15-22(26)23-19-8-6-16(2)21(13-19)30(27,28)24(3)4/h6-9,12-13H,5,10-11,14-15H2,1-4H3,(H,23,26). The summed E-state index contributed by atoms with van der Waals surface area (Å²) in [6, 6.07) is 11.1. The van der Waals surface area contributed by atoms with Gasteiger partial charge < -0.3 is 10.1 Å². The molecule has 162 valence electrons. The van der Waals surface area contributed by atoms with Crippen molar-refractivity contribution >= 4 is 21.6 Å². The summed E-state index contributed by atoms with van der Waals surface area (Å²) in [6.07, 6.45) is 0.880. The zero-order chi connectivity index (χ0) is 21.9. The van der Waals surface area contributed by atoms with Crippen LogP contribution in [-0.2, 0) is 27.8 Å². The summed E-state index contributed by atoms with van der Waals surface area (Å²) in [5.74, 6) is 0.674. The third-order valence-electron chi connectivity index (χ3n) is 5.18. The molecule has 0 aromatic heterocycles. The Hall–Kier alpha value is -2.42. The number of benzene rings is 2. The molecule has 1 amide bonds. The van der Waals surface area contributed by atoms with Crippen molar-refractivity contribution in [3.63, 3.8) is 0 Å². The van der Waals surface area contributed by atoms with Crippen LogP contribution in [-0.4, -0.2) is 57.3 Å². The van der Waals surface area contributed by atoms with Crippen molar-refractivity contribution in [2.24, 2.45) is 0 Å². The predicted molar refractivity (Wildman–Crippen MR) is 117 cm³/mol. The van der Waals surface area contributed by atoms with Crippen molar-refractivity contribution in [2.75, 3.05) is 39.1 Å². The number of amides is 1. The summed E-state index contributed by atoms with van der Waals surface area (Å²) < 4.78 is 31.7. The highest BCUT2D eigenvalue weighted by Gasteiger charge is 2.22. The van der Waals surface area contributed by atoms with E-state index in [0.717, 1.165) is 18.7 Å². The van der Waals surface area contributed by atoms with E-state index >= 15 is 0 Å². The van der Waals surface area contributed by atoms with Crippen molar-refractivity contribution < 1.29 is 17.9 Å². The number of carbonyl (C=O) groups excluding carboxylic acids is 1. The van der Waals surface area contributed by atoms with E-state index in [2.05, 4.69) is 16.3 Å². The topological polar surface area (TPSA) is 79.0 Å². The number of rotatable bonds is 7. The molecular formula is C22H29N3O4S. The van der Waals surface area contributed by atoms with E-state index in [9.17, 15) is 13.2 Å². The maximum absolute atomic E-state index is 12.6. The Kier molecular flexibility index (Phi) is 6.80. The largest absolute Gasteiger partial charge is 0.494 e. The van der Waals surface area contributed by atoms with E-state index in [1.807, 2.05) is 19.1 Å². The van der Waals surface area contributed by atoms with Crippen LogP contribution in [0.5, 0.6) is 5.75 Å². The summed E-state index contributed by atoms with van der Waals surface area (Å²) in [5.41, 5.74) is 3.57. The summed E-state index contributed by atoms with van der Waals surface area (Å²) in [5, 5.41) is 2.84. The van der Waals surface area contributed by atoms with E-state index in [-0.39, 0.29) is 17.3 Å². The number of fused-ring (bicyclic) bond motifs is 1. The zero-order valence-electron chi connectivity index (χ0n) is 17.9. The average molecular weight is 432 g/mol. The monoisotopic (exact) mass is 431 g/mol. The minimum atomic E-state index is -3.58. The van der Waals surface area contributed by atoms with Gasteiger partial charge in [0.15, 0.2) is 0 Å². The molecule has 7 nitrogen and oxygen atoms in total. The molecule has 0 saturated carbocycles. The number of hydrogen-bond donors (Lipinski definition) is 1. The minimum absolute atomic E-state index is 0.170. The van der Waals surface area contributed by atoms with Gasteiger partial charge in [0.25, 0.3) is 0 Å². The Bertz CT molecular complexity index is 1030. The molecule has 1 N–H and O–H groups in total. The highest BCUT2D eigenvalue weighted by Crippen LogP contribution is 2.25. The Labute approximate surface area is 178 Å². The van der Waals surface area contributed by atoms with Gasteiger partial charge in [0.05, 0.1) is 18.0 Å². The molecule has 1 heterocycles. The minimum Gasteiger partial charge on any atom is -0.494 e. The third-order valence-corrected chi connectivity index (χ3v) is 7.13. The van der Waals surface area contributed by atoms with Gasteiger partial charge in [-0.25, -0.2) is 12.7 Å². The van der Waals surface area contributed by atoms with E-state index in [0.29, 0.717) is 24.4 Å². The van der Waals surface area contributed by atoms with Crippen LogP contribution < -0.4 is 10.1 Å². The normalized spacial score (nSPS) is 14.4. The lowest BCUT2D eigenvalue weighted by atomic mass is 9.99. The number of ether oxygens (including phenoxy) is 1. The Morgan fingerprint density at radius 3 is 2.63 bits per heavy atom. The Balaban J connectivity index is 1.67. The molecule has 0 aliphatic carbocycles.